The van der Waals surface area contributed by atoms with Gasteiger partial charge in [0.25, 0.3) is 0 Å². The molecule has 0 bridgehead atoms. The zero-order chi connectivity index (χ0) is 18.2. The quantitative estimate of drug-likeness (QED) is 0.776. The van der Waals surface area contributed by atoms with E-state index in [-0.39, 0.29) is 10.6 Å². The normalized spacial score (nSPS) is 11.5. The fraction of sp³-hybridized carbons (Fsp3) is 0.111. The third kappa shape index (κ3) is 3.42. The number of aromatic nitrogens is 1. The molecular weight excluding hydrogens is 343 g/mol. The Kier molecular flexibility index (Phi) is 4.36. The first kappa shape index (κ1) is 17.2. The third-order valence-electron chi connectivity index (χ3n) is 3.85. The first-order valence-electron chi connectivity index (χ1n) is 7.46. The standard InChI is InChI=1S/C18H17FN2O3S/c1-12-9-17(13-3-8-18(24-2)16(19)10-13)21(11-12)14-4-6-15(7-5-14)25(20,22)23/h3-11H,1-2H3,(H2,20,22,23). The molecule has 2 N–H and O–H groups in total. The molecule has 0 saturated heterocycles. The number of rotatable bonds is 4. The van der Waals surface area contributed by atoms with Gasteiger partial charge in [0.05, 0.1) is 17.7 Å². The van der Waals surface area contributed by atoms with Crippen LogP contribution in [0, 0.1) is 12.7 Å². The van der Waals surface area contributed by atoms with Gasteiger partial charge in [-0.3, -0.25) is 0 Å². The van der Waals surface area contributed by atoms with E-state index in [4.69, 9.17) is 9.88 Å². The Bertz CT molecular complexity index is 1020. The van der Waals surface area contributed by atoms with Gasteiger partial charge in [0.15, 0.2) is 11.6 Å². The number of primary sulfonamides is 1. The van der Waals surface area contributed by atoms with E-state index in [1.165, 1.54) is 25.3 Å². The molecule has 0 saturated carbocycles. The Balaban J connectivity index is 2.09. The largest absolute Gasteiger partial charge is 0.494 e. The Morgan fingerprint density at radius 3 is 2.32 bits per heavy atom. The maximum absolute atomic E-state index is 14.0. The number of aryl methyl sites for hydroxylation is 1. The summed E-state index contributed by atoms with van der Waals surface area (Å²) in [5.74, 6) is -0.272. The predicted octanol–water partition coefficient (Wildman–Crippen LogP) is 3.25. The minimum Gasteiger partial charge on any atom is -0.494 e. The Morgan fingerprint density at radius 2 is 1.76 bits per heavy atom. The number of hydrogen-bond donors (Lipinski definition) is 1. The van der Waals surface area contributed by atoms with E-state index in [1.807, 2.05) is 23.8 Å². The van der Waals surface area contributed by atoms with Crippen molar-refractivity contribution >= 4 is 10.0 Å². The predicted molar refractivity (Wildman–Crippen MR) is 93.8 cm³/mol. The maximum Gasteiger partial charge on any atom is 0.238 e. The molecule has 3 aromatic rings. The van der Waals surface area contributed by atoms with Gasteiger partial charge in [-0.05, 0) is 61.0 Å². The molecule has 0 aliphatic carbocycles. The highest BCUT2D eigenvalue weighted by molar-refractivity contribution is 7.89. The molecule has 0 fully saturated rings. The molecule has 3 rings (SSSR count). The van der Waals surface area contributed by atoms with E-state index in [9.17, 15) is 12.8 Å². The number of nitrogens with two attached hydrogens (primary N) is 1. The van der Waals surface area contributed by atoms with Crippen molar-refractivity contribution in [3.8, 4) is 22.7 Å². The van der Waals surface area contributed by atoms with Gasteiger partial charge in [0, 0.05) is 17.4 Å². The van der Waals surface area contributed by atoms with Gasteiger partial charge >= 0.3 is 0 Å². The van der Waals surface area contributed by atoms with Crippen LogP contribution in [0.3, 0.4) is 0 Å². The summed E-state index contributed by atoms with van der Waals surface area (Å²) in [6.45, 7) is 1.93. The van der Waals surface area contributed by atoms with Crippen LogP contribution in [-0.4, -0.2) is 20.1 Å². The molecule has 1 heterocycles. The number of hydrogen-bond acceptors (Lipinski definition) is 3. The van der Waals surface area contributed by atoms with Gasteiger partial charge in [-0.1, -0.05) is 0 Å². The molecule has 0 spiro atoms. The molecule has 0 amide bonds. The van der Waals surface area contributed by atoms with Crippen LogP contribution in [0.4, 0.5) is 4.39 Å². The van der Waals surface area contributed by atoms with Gasteiger partial charge in [-0.2, -0.15) is 0 Å². The smallest absolute Gasteiger partial charge is 0.238 e. The lowest BCUT2D eigenvalue weighted by molar-refractivity contribution is 0.386. The molecule has 0 radical (unpaired) electrons. The highest BCUT2D eigenvalue weighted by atomic mass is 32.2. The van der Waals surface area contributed by atoms with Crippen molar-refractivity contribution in [1.29, 1.82) is 0 Å². The topological polar surface area (TPSA) is 74.3 Å². The number of halogens is 1. The number of nitrogens with zero attached hydrogens (tertiary/aromatic N) is 1. The molecule has 130 valence electrons. The van der Waals surface area contributed by atoms with Crippen molar-refractivity contribution in [2.45, 2.75) is 11.8 Å². The van der Waals surface area contributed by atoms with Crippen LogP contribution >= 0.6 is 0 Å². The van der Waals surface area contributed by atoms with Crippen molar-refractivity contribution in [2.24, 2.45) is 5.14 Å². The van der Waals surface area contributed by atoms with Crippen LogP contribution in [-0.2, 0) is 10.0 Å². The van der Waals surface area contributed by atoms with Crippen molar-refractivity contribution in [3.05, 3.63) is 66.1 Å². The summed E-state index contributed by atoms with van der Waals surface area (Å²) in [6.07, 6.45) is 1.89. The van der Waals surface area contributed by atoms with Crippen molar-refractivity contribution in [1.82, 2.24) is 4.57 Å². The molecule has 0 aliphatic heterocycles. The first-order chi connectivity index (χ1) is 11.8. The fourth-order valence-electron chi connectivity index (χ4n) is 2.65. The summed E-state index contributed by atoms with van der Waals surface area (Å²) in [6, 6.07) is 12.9. The number of benzene rings is 2. The monoisotopic (exact) mass is 360 g/mol. The average Bonchev–Trinajstić information content (AvgIpc) is 2.96. The highest BCUT2D eigenvalue weighted by Crippen LogP contribution is 2.29. The average molecular weight is 360 g/mol. The third-order valence-corrected chi connectivity index (χ3v) is 4.78. The van der Waals surface area contributed by atoms with E-state index < -0.39 is 15.8 Å². The summed E-state index contributed by atoms with van der Waals surface area (Å²) in [5, 5.41) is 5.13. The highest BCUT2D eigenvalue weighted by Gasteiger charge is 2.13. The fourth-order valence-corrected chi connectivity index (χ4v) is 3.17. The molecule has 1 aromatic heterocycles. The van der Waals surface area contributed by atoms with Crippen LogP contribution in [0.25, 0.3) is 16.9 Å². The lowest BCUT2D eigenvalue weighted by Crippen LogP contribution is -2.12. The maximum atomic E-state index is 14.0. The van der Waals surface area contributed by atoms with Crippen molar-refractivity contribution in [2.75, 3.05) is 7.11 Å². The van der Waals surface area contributed by atoms with Gasteiger partial charge in [-0.15, -0.1) is 0 Å². The summed E-state index contributed by atoms with van der Waals surface area (Å²) in [4.78, 5) is 0.0390. The zero-order valence-electron chi connectivity index (χ0n) is 13.7. The molecule has 2 aromatic carbocycles. The Morgan fingerprint density at radius 1 is 1.08 bits per heavy atom. The minimum absolute atomic E-state index is 0.0390. The second kappa shape index (κ2) is 6.34. The van der Waals surface area contributed by atoms with Crippen LogP contribution < -0.4 is 9.88 Å². The molecule has 7 heteroatoms. The first-order valence-corrected chi connectivity index (χ1v) is 9.00. The van der Waals surface area contributed by atoms with Crippen LogP contribution in [0.15, 0.2) is 59.6 Å². The van der Waals surface area contributed by atoms with Gasteiger partial charge in [-0.25, -0.2) is 17.9 Å². The van der Waals surface area contributed by atoms with E-state index in [1.54, 1.807) is 24.3 Å². The molecule has 5 nitrogen and oxygen atoms in total. The molecule has 0 aliphatic rings. The number of methoxy groups -OCH3 is 1. The summed E-state index contributed by atoms with van der Waals surface area (Å²) in [7, 11) is -2.33. The summed E-state index contributed by atoms with van der Waals surface area (Å²) in [5.41, 5.74) is 3.19. The lowest BCUT2D eigenvalue weighted by atomic mass is 10.1. The van der Waals surface area contributed by atoms with E-state index in [2.05, 4.69) is 0 Å². The van der Waals surface area contributed by atoms with E-state index in [0.717, 1.165) is 16.9 Å². The number of ether oxygens (including phenoxy) is 1. The van der Waals surface area contributed by atoms with Gasteiger partial charge in [0.2, 0.25) is 10.0 Å². The van der Waals surface area contributed by atoms with Crippen LogP contribution in [0.5, 0.6) is 5.75 Å². The summed E-state index contributed by atoms with van der Waals surface area (Å²) < 4.78 is 43.6. The molecular formula is C18H17FN2O3S. The Hall–Kier alpha value is -2.64. The minimum atomic E-state index is -3.74. The van der Waals surface area contributed by atoms with E-state index in [0.29, 0.717) is 5.56 Å². The lowest BCUT2D eigenvalue weighted by Gasteiger charge is -2.11. The van der Waals surface area contributed by atoms with Gasteiger partial charge in [0.1, 0.15) is 0 Å². The zero-order valence-corrected chi connectivity index (χ0v) is 14.5. The van der Waals surface area contributed by atoms with E-state index >= 15 is 0 Å². The number of sulfonamides is 1. The van der Waals surface area contributed by atoms with Crippen molar-refractivity contribution < 1.29 is 17.5 Å². The van der Waals surface area contributed by atoms with Crippen LogP contribution in [0.2, 0.25) is 0 Å². The SMILES string of the molecule is COc1ccc(-c2cc(C)cn2-c2ccc(S(N)(=O)=O)cc2)cc1F. The second-order valence-corrected chi connectivity index (χ2v) is 7.22. The van der Waals surface area contributed by atoms with Crippen molar-refractivity contribution in [3.63, 3.8) is 0 Å². The Labute approximate surface area is 145 Å². The summed E-state index contributed by atoms with van der Waals surface area (Å²) >= 11 is 0. The van der Waals surface area contributed by atoms with Gasteiger partial charge < -0.3 is 9.30 Å². The van der Waals surface area contributed by atoms with Crippen LogP contribution in [0.1, 0.15) is 5.56 Å². The molecule has 25 heavy (non-hydrogen) atoms. The second-order valence-electron chi connectivity index (χ2n) is 5.66. The molecule has 0 atom stereocenters. The molecule has 0 unspecified atom stereocenters.